The maximum Gasteiger partial charge on any atom is 0.317 e. The molecule has 1 heterocycles. The first-order chi connectivity index (χ1) is 7.56. The highest BCUT2D eigenvalue weighted by Gasteiger charge is 2.19. The van der Waals surface area contributed by atoms with Crippen LogP contribution < -0.4 is 0 Å². The monoisotopic (exact) mass is 237 g/mol. The summed E-state index contributed by atoms with van der Waals surface area (Å²) in [6, 6.07) is 2.08. The number of rotatable bonds is 5. The van der Waals surface area contributed by atoms with Crippen molar-refractivity contribution in [3.63, 3.8) is 0 Å². The predicted molar refractivity (Wildman–Crippen MR) is 65.5 cm³/mol. The largest absolute Gasteiger partial charge is 0.480 e. The van der Waals surface area contributed by atoms with Crippen molar-refractivity contribution in [1.82, 2.24) is 4.90 Å². The van der Waals surface area contributed by atoms with E-state index in [1.165, 1.54) is 10.4 Å². The van der Waals surface area contributed by atoms with Gasteiger partial charge < -0.3 is 5.11 Å². The number of terminal acetylenes is 1. The van der Waals surface area contributed by atoms with Crippen molar-refractivity contribution in [2.24, 2.45) is 0 Å². The van der Waals surface area contributed by atoms with Crippen molar-refractivity contribution in [1.29, 1.82) is 0 Å². The highest BCUT2D eigenvalue weighted by molar-refractivity contribution is 7.10. The van der Waals surface area contributed by atoms with Gasteiger partial charge in [-0.25, -0.2) is 0 Å². The average Bonchev–Trinajstić information content (AvgIpc) is 2.62. The summed E-state index contributed by atoms with van der Waals surface area (Å²) in [5.74, 6) is 1.65. The van der Waals surface area contributed by atoms with Crippen molar-refractivity contribution in [2.45, 2.75) is 19.9 Å². The predicted octanol–water partition coefficient (Wildman–Crippen LogP) is 2.14. The Hall–Kier alpha value is -1.31. The summed E-state index contributed by atoms with van der Waals surface area (Å²) in [7, 11) is 0. The van der Waals surface area contributed by atoms with Crippen molar-refractivity contribution < 1.29 is 9.90 Å². The van der Waals surface area contributed by atoms with Gasteiger partial charge >= 0.3 is 5.97 Å². The SMILES string of the molecule is C#CCN(CC(=O)O)C(C)c1sccc1C. The molecule has 1 rings (SSSR count). The molecular formula is C12H15NO2S. The Morgan fingerprint density at radius 2 is 2.44 bits per heavy atom. The first-order valence-electron chi connectivity index (χ1n) is 4.99. The van der Waals surface area contributed by atoms with Gasteiger partial charge in [0, 0.05) is 10.9 Å². The molecule has 1 aromatic rings. The highest BCUT2D eigenvalue weighted by atomic mass is 32.1. The number of nitrogens with zero attached hydrogens (tertiary/aromatic N) is 1. The summed E-state index contributed by atoms with van der Waals surface area (Å²) in [5, 5.41) is 10.8. The molecule has 16 heavy (non-hydrogen) atoms. The minimum Gasteiger partial charge on any atom is -0.480 e. The number of carboxylic acids is 1. The van der Waals surface area contributed by atoms with Crippen LogP contribution in [0.4, 0.5) is 0 Å². The van der Waals surface area contributed by atoms with Gasteiger partial charge in [-0.15, -0.1) is 17.8 Å². The zero-order chi connectivity index (χ0) is 12.1. The number of carboxylic acid groups (broad SMARTS) is 1. The van der Waals surface area contributed by atoms with Crippen LogP contribution in [-0.2, 0) is 4.79 Å². The molecule has 0 aliphatic heterocycles. The van der Waals surface area contributed by atoms with E-state index in [0.29, 0.717) is 6.54 Å². The molecule has 1 aromatic heterocycles. The van der Waals surface area contributed by atoms with E-state index >= 15 is 0 Å². The molecule has 0 spiro atoms. The fourth-order valence-electron chi connectivity index (χ4n) is 1.60. The molecule has 0 radical (unpaired) electrons. The fraction of sp³-hybridized carbons (Fsp3) is 0.417. The molecule has 0 aromatic carbocycles. The Morgan fingerprint density at radius 1 is 1.75 bits per heavy atom. The van der Waals surface area contributed by atoms with Crippen molar-refractivity contribution in [2.75, 3.05) is 13.1 Å². The van der Waals surface area contributed by atoms with Gasteiger partial charge in [-0.2, -0.15) is 0 Å². The lowest BCUT2D eigenvalue weighted by Crippen LogP contribution is -2.32. The van der Waals surface area contributed by atoms with Crippen LogP contribution >= 0.6 is 11.3 Å². The quantitative estimate of drug-likeness (QED) is 0.798. The van der Waals surface area contributed by atoms with Crippen LogP contribution in [0, 0.1) is 19.3 Å². The molecule has 1 atom stereocenters. The normalized spacial score (nSPS) is 12.4. The third-order valence-corrected chi connectivity index (χ3v) is 3.65. The van der Waals surface area contributed by atoms with Crippen LogP contribution in [0.25, 0.3) is 0 Å². The van der Waals surface area contributed by atoms with Gasteiger partial charge in [-0.1, -0.05) is 5.92 Å². The second-order valence-corrected chi connectivity index (χ2v) is 4.59. The molecule has 0 aliphatic carbocycles. The number of carbonyl (C=O) groups is 1. The third-order valence-electron chi connectivity index (χ3n) is 2.46. The Morgan fingerprint density at radius 3 is 2.88 bits per heavy atom. The number of hydrogen-bond acceptors (Lipinski definition) is 3. The van der Waals surface area contributed by atoms with E-state index in [1.807, 2.05) is 25.3 Å². The van der Waals surface area contributed by atoms with Gasteiger partial charge in [0.25, 0.3) is 0 Å². The summed E-state index contributed by atoms with van der Waals surface area (Å²) in [4.78, 5) is 13.7. The summed E-state index contributed by atoms with van der Waals surface area (Å²) in [6.45, 7) is 4.34. The van der Waals surface area contributed by atoms with E-state index < -0.39 is 5.97 Å². The second-order valence-electron chi connectivity index (χ2n) is 3.65. The smallest absolute Gasteiger partial charge is 0.317 e. The van der Waals surface area contributed by atoms with Crippen LogP contribution in [0.1, 0.15) is 23.4 Å². The van der Waals surface area contributed by atoms with E-state index in [0.717, 1.165) is 0 Å². The van der Waals surface area contributed by atoms with Gasteiger partial charge in [0.05, 0.1) is 13.1 Å². The first-order valence-corrected chi connectivity index (χ1v) is 5.87. The number of thiophene rings is 1. The van der Waals surface area contributed by atoms with Crippen molar-refractivity contribution in [3.05, 3.63) is 21.9 Å². The molecule has 0 amide bonds. The Kier molecular flexibility index (Phi) is 4.53. The fourth-order valence-corrected chi connectivity index (χ4v) is 2.62. The maximum absolute atomic E-state index is 10.7. The van der Waals surface area contributed by atoms with Crippen LogP contribution in [-0.4, -0.2) is 29.1 Å². The second kappa shape index (κ2) is 5.69. The van der Waals surface area contributed by atoms with E-state index in [2.05, 4.69) is 5.92 Å². The van der Waals surface area contributed by atoms with Crippen LogP contribution in [0.5, 0.6) is 0 Å². The standard InChI is InChI=1S/C12H15NO2S/c1-4-6-13(8-11(14)15)10(3)12-9(2)5-7-16-12/h1,5,7,10H,6,8H2,2-3H3,(H,14,15). The van der Waals surface area contributed by atoms with Gasteiger partial charge in [-0.3, -0.25) is 9.69 Å². The topological polar surface area (TPSA) is 40.5 Å². The lowest BCUT2D eigenvalue weighted by atomic mass is 10.1. The van der Waals surface area contributed by atoms with Gasteiger partial charge in [0.2, 0.25) is 0 Å². The van der Waals surface area contributed by atoms with Gasteiger partial charge in [-0.05, 0) is 30.9 Å². The van der Waals surface area contributed by atoms with Gasteiger partial charge in [0.15, 0.2) is 0 Å². The molecule has 3 nitrogen and oxygen atoms in total. The summed E-state index contributed by atoms with van der Waals surface area (Å²) >= 11 is 1.64. The third kappa shape index (κ3) is 3.09. The highest BCUT2D eigenvalue weighted by Crippen LogP contribution is 2.27. The Bertz CT molecular complexity index is 405. The minimum atomic E-state index is -0.851. The molecule has 0 saturated heterocycles. The molecule has 0 bridgehead atoms. The van der Waals surface area contributed by atoms with Gasteiger partial charge in [0.1, 0.15) is 0 Å². The first kappa shape index (κ1) is 12.8. The molecule has 0 aliphatic rings. The summed E-state index contributed by atoms with van der Waals surface area (Å²) < 4.78 is 0. The van der Waals surface area contributed by atoms with Crippen LogP contribution in [0.2, 0.25) is 0 Å². The van der Waals surface area contributed by atoms with Crippen LogP contribution in [0.3, 0.4) is 0 Å². The number of aliphatic carboxylic acids is 1. The van der Waals surface area contributed by atoms with E-state index in [9.17, 15) is 4.79 Å². The molecule has 1 N–H and O–H groups in total. The maximum atomic E-state index is 10.7. The zero-order valence-corrected chi connectivity index (χ0v) is 10.3. The summed E-state index contributed by atoms with van der Waals surface area (Å²) in [5.41, 5.74) is 1.19. The van der Waals surface area contributed by atoms with E-state index in [1.54, 1.807) is 16.2 Å². The van der Waals surface area contributed by atoms with E-state index in [4.69, 9.17) is 11.5 Å². The molecule has 1 unspecified atom stereocenters. The van der Waals surface area contributed by atoms with Crippen molar-refractivity contribution >= 4 is 17.3 Å². The minimum absolute atomic E-state index is 0.0251. The zero-order valence-electron chi connectivity index (χ0n) is 9.43. The molecule has 4 heteroatoms. The molecule has 0 saturated carbocycles. The molecular weight excluding hydrogens is 222 g/mol. The Balaban J connectivity index is 2.83. The number of aryl methyl sites for hydroxylation is 1. The Labute approximate surface area is 99.7 Å². The summed E-state index contributed by atoms with van der Waals surface area (Å²) in [6.07, 6.45) is 5.25. The average molecular weight is 237 g/mol. The van der Waals surface area contributed by atoms with E-state index in [-0.39, 0.29) is 12.6 Å². The number of hydrogen-bond donors (Lipinski definition) is 1. The molecule has 86 valence electrons. The lowest BCUT2D eigenvalue weighted by molar-refractivity contribution is -0.138. The van der Waals surface area contributed by atoms with Crippen LogP contribution in [0.15, 0.2) is 11.4 Å². The lowest BCUT2D eigenvalue weighted by Gasteiger charge is -2.25. The molecule has 0 fully saturated rings. The van der Waals surface area contributed by atoms with Crippen molar-refractivity contribution in [3.8, 4) is 12.3 Å².